The molecule has 0 saturated carbocycles. The average molecular weight is 472 g/mol. The summed E-state index contributed by atoms with van der Waals surface area (Å²) in [6.07, 6.45) is 4.72. The molecule has 0 atom stereocenters. The second-order valence-corrected chi connectivity index (χ2v) is 7.90. The van der Waals surface area contributed by atoms with Gasteiger partial charge in [-0.25, -0.2) is 9.18 Å². The molecule has 0 aromatic heterocycles. The zero-order valence-electron chi connectivity index (χ0n) is 19.6. The Hall–Kier alpha value is -3.75. The Morgan fingerprint density at radius 3 is 2.21 bits per heavy atom. The summed E-state index contributed by atoms with van der Waals surface area (Å²) in [7, 11) is 4.61. The van der Waals surface area contributed by atoms with Gasteiger partial charge in [0.2, 0.25) is 11.7 Å². The first-order chi connectivity index (χ1) is 16.4. The predicted octanol–water partition coefficient (Wildman–Crippen LogP) is 3.93. The van der Waals surface area contributed by atoms with E-state index in [1.165, 1.54) is 51.7 Å². The van der Waals surface area contributed by atoms with Gasteiger partial charge in [0.05, 0.1) is 21.3 Å². The summed E-state index contributed by atoms with van der Waals surface area (Å²) in [5.41, 5.74) is 1.30. The highest BCUT2D eigenvalue weighted by Gasteiger charge is 2.23. The smallest absolute Gasteiger partial charge is 0.321 e. The Balaban J connectivity index is 1.45. The molecule has 0 radical (unpaired) electrons. The van der Waals surface area contributed by atoms with Crippen LogP contribution < -0.4 is 24.8 Å². The average Bonchev–Trinajstić information content (AvgIpc) is 2.87. The number of hydrogen-bond acceptors (Lipinski definition) is 5. The molecule has 8 nitrogen and oxygen atoms in total. The zero-order valence-corrected chi connectivity index (χ0v) is 19.6. The summed E-state index contributed by atoms with van der Waals surface area (Å²) in [4.78, 5) is 26.4. The van der Waals surface area contributed by atoms with Crippen molar-refractivity contribution in [3.8, 4) is 17.2 Å². The summed E-state index contributed by atoms with van der Waals surface area (Å²) in [5.74, 6) is 1.25. The van der Waals surface area contributed by atoms with Crippen LogP contribution in [0.2, 0.25) is 0 Å². The normalized spacial score (nSPS) is 14.1. The second kappa shape index (κ2) is 11.9. The van der Waals surface area contributed by atoms with E-state index < -0.39 is 0 Å². The molecule has 1 aliphatic heterocycles. The van der Waals surface area contributed by atoms with Crippen molar-refractivity contribution in [3.63, 3.8) is 0 Å². The quantitative estimate of drug-likeness (QED) is 0.570. The van der Waals surface area contributed by atoms with E-state index in [9.17, 15) is 14.0 Å². The van der Waals surface area contributed by atoms with E-state index in [1.54, 1.807) is 23.1 Å². The number of benzene rings is 2. The number of urea groups is 1. The number of anilines is 1. The highest BCUT2D eigenvalue weighted by molar-refractivity contribution is 5.92. The van der Waals surface area contributed by atoms with Crippen LogP contribution in [0.15, 0.2) is 42.5 Å². The second-order valence-electron chi connectivity index (χ2n) is 7.90. The number of likely N-dealkylation sites (tertiary alicyclic amines) is 1. The van der Waals surface area contributed by atoms with E-state index >= 15 is 0 Å². The number of nitrogens with zero attached hydrogens (tertiary/aromatic N) is 1. The van der Waals surface area contributed by atoms with Gasteiger partial charge in [-0.05, 0) is 66.8 Å². The van der Waals surface area contributed by atoms with Crippen molar-refractivity contribution in [3.05, 3.63) is 53.9 Å². The largest absolute Gasteiger partial charge is 0.493 e. The van der Waals surface area contributed by atoms with Gasteiger partial charge in [-0.3, -0.25) is 4.79 Å². The van der Waals surface area contributed by atoms with Gasteiger partial charge in [0, 0.05) is 31.4 Å². The Bertz CT molecular complexity index is 993. The van der Waals surface area contributed by atoms with E-state index in [0.717, 1.165) is 18.4 Å². The van der Waals surface area contributed by atoms with E-state index in [0.29, 0.717) is 42.6 Å². The van der Waals surface area contributed by atoms with E-state index in [-0.39, 0.29) is 23.7 Å². The minimum absolute atomic E-state index is 0.203. The van der Waals surface area contributed by atoms with Gasteiger partial charge in [0.25, 0.3) is 0 Å². The number of methoxy groups -OCH3 is 3. The maximum atomic E-state index is 13.0. The zero-order chi connectivity index (χ0) is 24.5. The molecule has 0 unspecified atom stereocenters. The van der Waals surface area contributed by atoms with Gasteiger partial charge in [0.1, 0.15) is 5.82 Å². The lowest BCUT2D eigenvalue weighted by Gasteiger charge is -2.32. The van der Waals surface area contributed by atoms with Gasteiger partial charge in [-0.1, -0.05) is 0 Å². The standard InChI is InChI=1S/C25H30FN3O5/c1-32-21-14-18(15-22(33-2)24(21)34-3)4-9-23(30)27-16-17-10-12-29(13-11-17)25(31)28-20-7-5-19(26)6-8-20/h4-9,14-15,17H,10-13,16H2,1-3H3,(H,27,30)(H,28,31)/b9-4+. The molecule has 0 spiro atoms. The third-order valence-corrected chi connectivity index (χ3v) is 5.68. The van der Waals surface area contributed by atoms with Crippen molar-refractivity contribution in [2.75, 3.05) is 46.3 Å². The van der Waals surface area contributed by atoms with Crippen molar-refractivity contribution in [2.45, 2.75) is 12.8 Å². The van der Waals surface area contributed by atoms with Crippen LogP contribution in [0.3, 0.4) is 0 Å². The van der Waals surface area contributed by atoms with Crippen LogP contribution in [-0.2, 0) is 4.79 Å². The van der Waals surface area contributed by atoms with Gasteiger partial charge in [0.15, 0.2) is 11.5 Å². The molecule has 1 heterocycles. The number of carbonyl (C=O) groups is 2. The van der Waals surface area contributed by atoms with Crippen molar-refractivity contribution < 1.29 is 28.2 Å². The number of ether oxygens (including phenoxy) is 3. The maximum Gasteiger partial charge on any atom is 0.321 e. The summed E-state index contributed by atoms with van der Waals surface area (Å²) < 4.78 is 29.0. The van der Waals surface area contributed by atoms with Crippen LogP contribution in [0.4, 0.5) is 14.9 Å². The maximum absolute atomic E-state index is 13.0. The van der Waals surface area contributed by atoms with E-state index in [2.05, 4.69) is 10.6 Å². The minimum Gasteiger partial charge on any atom is -0.493 e. The fraction of sp³-hybridized carbons (Fsp3) is 0.360. The molecule has 34 heavy (non-hydrogen) atoms. The van der Waals surface area contributed by atoms with Crippen LogP contribution in [-0.4, -0.2) is 57.8 Å². The number of halogens is 1. The van der Waals surface area contributed by atoms with Crippen molar-refractivity contribution >= 4 is 23.7 Å². The predicted molar refractivity (Wildman–Crippen MR) is 128 cm³/mol. The third-order valence-electron chi connectivity index (χ3n) is 5.68. The molecule has 2 aromatic carbocycles. The van der Waals surface area contributed by atoms with Crippen LogP contribution >= 0.6 is 0 Å². The first kappa shape index (κ1) is 24.9. The van der Waals surface area contributed by atoms with Crippen LogP contribution in [0, 0.1) is 11.7 Å². The van der Waals surface area contributed by atoms with Crippen LogP contribution in [0.25, 0.3) is 6.08 Å². The molecule has 182 valence electrons. The van der Waals surface area contributed by atoms with Crippen molar-refractivity contribution in [1.29, 1.82) is 0 Å². The van der Waals surface area contributed by atoms with Crippen LogP contribution in [0.5, 0.6) is 17.2 Å². The first-order valence-corrected chi connectivity index (χ1v) is 11.0. The summed E-state index contributed by atoms with van der Waals surface area (Å²) >= 11 is 0. The summed E-state index contributed by atoms with van der Waals surface area (Å²) in [5, 5.41) is 5.70. The lowest BCUT2D eigenvalue weighted by atomic mass is 9.97. The molecule has 0 bridgehead atoms. The molecule has 1 saturated heterocycles. The SMILES string of the molecule is COc1cc(/C=C/C(=O)NCC2CCN(C(=O)Nc3ccc(F)cc3)CC2)cc(OC)c1OC. The Morgan fingerprint density at radius 2 is 1.65 bits per heavy atom. The molecular formula is C25H30FN3O5. The number of amides is 3. The number of nitrogens with one attached hydrogen (secondary N) is 2. The Labute approximate surface area is 198 Å². The third kappa shape index (κ3) is 6.63. The molecule has 9 heteroatoms. The topological polar surface area (TPSA) is 89.1 Å². The highest BCUT2D eigenvalue weighted by atomic mass is 19.1. The van der Waals surface area contributed by atoms with Gasteiger partial charge >= 0.3 is 6.03 Å². The van der Waals surface area contributed by atoms with Gasteiger partial charge < -0.3 is 29.7 Å². The number of carbonyl (C=O) groups excluding carboxylic acids is 2. The summed E-state index contributed by atoms with van der Waals surface area (Å²) in [6, 6.07) is 8.99. The highest BCUT2D eigenvalue weighted by Crippen LogP contribution is 2.38. The van der Waals surface area contributed by atoms with Crippen LogP contribution in [0.1, 0.15) is 18.4 Å². The van der Waals surface area contributed by atoms with E-state index in [4.69, 9.17) is 14.2 Å². The lowest BCUT2D eigenvalue weighted by molar-refractivity contribution is -0.116. The summed E-state index contributed by atoms with van der Waals surface area (Å²) in [6.45, 7) is 1.72. The molecule has 3 amide bonds. The molecule has 1 fully saturated rings. The Morgan fingerprint density at radius 1 is 1.03 bits per heavy atom. The molecule has 0 aliphatic carbocycles. The molecular weight excluding hydrogens is 441 g/mol. The minimum atomic E-state index is -0.348. The molecule has 1 aliphatic rings. The fourth-order valence-electron chi connectivity index (χ4n) is 3.75. The van der Waals surface area contributed by atoms with Gasteiger partial charge in [-0.15, -0.1) is 0 Å². The monoisotopic (exact) mass is 471 g/mol. The van der Waals surface area contributed by atoms with E-state index in [1.807, 2.05) is 0 Å². The molecule has 2 N–H and O–H groups in total. The van der Waals surface area contributed by atoms with Crippen molar-refractivity contribution in [2.24, 2.45) is 5.92 Å². The molecule has 2 aromatic rings. The fourth-order valence-corrected chi connectivity index (χ4v) is 3.75. The number of rotatable bonds is 8. The lowest BCUT2D eigenvalue weighted by Crippen LogP contribution is -2.43. The number of piperidine rings is 1. The first-order valence-electron chi connectivity index (χ1n) is 11.0. The Kier molecular flexibility index (Phi) is 8.73. The number of hydrogen-bond donors (Lipinski definition) is 2. The van der Waals surface area contributed by atoms with Gasteiger partial charge in [-0.2, -0.15) is 0 Å². The molecule has 3 rings (SSSR count). The van der Waals surface area contributed by atoms with Crippen molar-refractivity contribution in [1.82, 2.24) is 10.2 Å².